The highest BCUT2D eigenvalue weighted by molar-refractivity contribution is 9.13. The molecule has 1 unspecified atom stereocenters. The molecule has 0 radical (unpaired) electrons. The van der Waals surface area contributed by atoms with Gasteiger partial charge in [0.1, 0.15) is 0 Å². The van der Waals surface area contributed by atoms with Gasteiger partial charge in [-0.3, -0.25) is 5.84 Å². The average molecular weight is 376 g/mol. The van der Waals surface area contributed by atoms with Crippen LogP contribution in [0.3, 0.4) is 0 Å². The molecule has 0 spiro atoms. The number of nitrogens with one attached hydrogen (secondary N) is 1. The van der Waals surface area contributed by atoms with Gasteiger partial charge in [-0.15, -0.1) is 11.3 Å². The lowest BCUT2D eigenvalue weighted by Crippen LogP contribution is -2.28. The fraction of sp³-hybridized carbons (Fsp3) is 0.167. The lowest BCUT2D eigenvalue weighted by atomic mass is 10.0. The van der Waals surface area contributed by atoms with E-state index in [1.807, 2.05) is 12.1 Å². The molecule has 0 aliphatic heterocycles. The second-order valence-electron chi connectivity index (χ2n) is 3.73. The number of benzene rings is 1. The van der Waals surface area contributed by atoms with E-state index in [0.29, 0.717) is 0 Å². The topological polar surface area (TPSA) is 38.0 Å². The first-order chi connectivity index (χ1) is 8.13. The van der Waals surface area contributed by atoms with Crippen molar-refractivity contribution in [1.29, 1.82) is 0 Å². The molecule has 17 heavy (non-hydrogen) atoms. The third-order valence-electron chi connectivity index (χ3n) is 2.61. The quantitative estimate of drug-likeness (QED) is 0.625. The van der Waals surface area contributed by atoms with E-state index in [1.165, 1.54) is 16.0 Å². The third-order valence-corrected chi connectivity index (χ3v) is 5.94. The van der Waals surface area contributed by atoms with Gasteiger partial charge in [-0.2, -0.15) is 0 Å². The molecule has 90 valence electrons. The molecule has 2 rings (SSSR count). The van der Waals surface area contributed by atoms with E-state index < -0.39 is 0 Å². The van der Waals surface area contributed by atoms with E-state index in [4.69, 9.17) is 5.84 Å². The van der Waals surface area contributed by atoms with Crippen LogP contribution in [-0.4, -0.2) is 0 Å². The van der Waals surface area contributed by atoms with E-state index in [-0.39, 0.29) is 6.04 Å². The van der Waals surface area contributed by atoms with Crippen LogP contribution in [0.1, 0.15) is 22.0 Å². The van der Waals surface area contributed by atoms with Gasteiger partial charge < -0.3 is 0 Å². The van der Waals surface area contributed by atoms with Crippen molar-refractivity contribution in [3.8, 4) is 0 Å². The molecular weight excluding hydrogens is 364 g/mol. The Kier molecular flexibility index (Phi) is 4.38. The number of hydrogen-bond donors (Lipinski definition) is 2. The zero-order valence-corrected chi connectivity index (χ0v) is 13.2. The zero-order chi connectivity index (χ0) is 12.4. The summed E-state index contributed by atoms with van der Waals surface area (Å²) >= 11 is 8.69. The maximum atomic E-state index is 5.69. The molecule has 0 saturated heterocycles. The summed E-state index contributed by atoms with van der Waals surface area (Å²) in [6.45, 7) is 2.09. The largest absolute Gasteiger partial charge is 0.271 e. The smallest absolute Gasteiger partial charge is 0.0843 e. The van der Waals surface area contributed by atoms with Crippen LogP contribution >= 0.6 is 43.2 Å². The summed E-state index contributed by atoms with van der Waals surface area (Å²) < 4.78 is 2.15. The van der Waals surface area contributed by atoms with Crippen LogP contribution in [0, 0.1) is 6.92 Å². The minimum atomic E-state index is 0.0313. The SMILES string of the molecule is Cc1ccccc1C(NN)c1cc(Br)c(Br)s1. The second kappa shape index (κ2) is 5.63. The normalized spacial score (nSPS) is 12.7. The summed E-state index contributed by atoms with van der Waals surface area (Å²) in [5, 5.41) is 0. The highest BCUT2D eigenvalue weighted by atomic mass is 79.9. The van der Waals surface area contributed by atoms with Crippen molar-refractivity contribution >= 4 is 43.2 Å². The molecule has 0 fully saturated rings. The van der Waals surface area contributed by atoms with Gasteiger partial charge in [0.05, 0.1) is 9.83 Å². The molecule has 2 nitrogen and oxygen atoms in total. The lowest BCUT2D eigenvalue weighted by molar-refractivity contribution is 0.643. The number of hydrogen-bond acceptors (Lipinski definition) is 3. The van der Waals surface area contributed by atoms with Crippen LogP contribution < -0.4 is 11.3 Å². The number of hydrazine groups is 1. The Bertz CT molecular complexity index is 505. The Hall–Kier alpha value is -0.200. The number of aryl methyl sites for hydroxylation is 1. The molecule has 3 N–H and O–H groups in total. The average Bonchev–Trinajstić information content (AvgIpc) is 2.63. The summed E-state index contributed by atoms with van der Waals surface area (Å²) in [5.41, 5.74) is 5.32. The first kappa shape index (κ1) is 13.2. The molecule has 1 atom stereocenters. The fourth-order valence-corrected chi connectivity index (χ4v) is 3.91. The molecule has 1 aromatic heterocycles. The van der Waals surface area contributed by atoms with Crippen molar-refractivity contribution in [1.82, 2.24) is 5.43 Å². The standard InChI is InChI=1S/C12H12Br2N2S/c1-7-4-2-3-5-8(7)11(16-15)10-6-9(13)12(14)17-10/h2-6,11,16H,15H2,1H3. The summed E-state index contributed by atoms with van der Waals surface area (Å²) in [6.07, 6.45) is 0. The van der Waals surface area contributed by atoms with Crippen LogP contribution in [-0.2, 0) is 0 Å². The van der Waals surface area contributed by atoms with E-state index in [1.54, 1.807) is 11.3 Å². The molecule has 1 aromatic carbocycles. The van der Waals surface area contributed by atoms with Gasteiger partial charge in [-0.25, -0.2) is 5.43 Å². The van der Waals surface area contributed by atoms with Crippen LogP contribution in [0.5, 0.6) is 0 Å². The Balaban J connectivity index is 2.44. The van der Waals surface area contributed by atoms with E-state index in [2.05, 4.69) is 62.4 Å². The first-order valence-electron chi connectivity index (χ1n) is 5.10. The van der Waals surface area contributed by atoms with Gasteiger partial charge in [0, 0.05) is 9.35 Å². The predicted molar refractivity (Wildman–Crippen MR) is 80.1 cm³/mol. The van der Waals surface area contributed by atoms with Crippen molar-refractivity contribution < 1.29 is 0 Å². The van der Waals surface area contributed by atoms with Crippen molar-refractivity contribution in [3.05, 3.63) is 54.6 Å². The minimum Gasteiger partial charge on any atom is -0.271 e. The van der Waals surface area contributed by atoms with E-state index >= 15 is 0 Å². The third kappa shape index (κ3) is 2.80. The van der Waals surface area contributed by atoms with Crippen LogP contribution in [0.15, 0.2) is 38.6 Å². The van der Waals surface area contributed by atoms with Crippen LogP contribution in [0.25, 0.3) is 0 Å². The van der Waals surface area contributed by atoms with Gasteiger partial charge in [-0.1, -0.05) is 24.3 Å². The molecule has 5 heteroatoms. The van der Waals surface area contributed by atoms with Crippen molar-refractivity contribution in [2.24, 2.45) is 5.84 Å². The summed E-state index contributed by atoms with van der Waals surface area (Å²) in [5.74, 6) is 5.69. The van der Waals surface area contributed by atoms with Gasteiger partial charge in [-0.05, 0) is 56.0 Å². The number of rotatable bonds is 3. The number of nitrogens with two attached hydrogens (primary N) is 1. The maximum absolute atomic E-state index is 5.69. The molecule has 0 amide bonds. The van der Waals surface area contributed by atoms with Gasteiger partial charge in [0.2, 0.25) is 0 Å². The number of halogens is 2. The van der Waals surface area contributed by atoms with Gasteiger partial charge >= 0.3 is 0 Å². The van der Waals surface area contributed by atoms with Crippen molar-refractivity contribution in [3.63, 3.8) is 0 Å². The molecular formula is C12H12Br2N2S. The lowest BCUT2D eigenvalue weighted by Gasteiger charge is -2.16. The summed E-state index contributed by atoms with van der Waals surface area (Å²) in [6, 6.07) is 10.4. The van der Waals surface area contributed by atoms with Crippen molar-refractivity contribution in [2.45, 2.75) is 13.0 Å². The zero-order valence-electron chi connectivity index (χ0n) is 9.21. The Morgan fingerprint density at radius 3 is 2.53 bits per heavy atom. The Morgan fingerprint density at radius 2 is 2.00 bits per heavy atom. The number of thiophene rings is 1. The monoisotopic (exact) mass is 374 g/mol. The van der Waals surface area contributed by atoms with E-state index in [9.17, 15) is 0 Å². The molecule has 0 bridgehead atoms. The molecule has 0 aliphatic rings. The second-order valence-corrected chi connectivity index (χ2v) is 6.98. The van der Waals surface area contributed by atoms with Crippen molar-refractivity contribution in [2.75, 3.05) is 0 Å². The predicted octanol–water partition coefficient (Wildman–Crippen LogP) is 4.13. The van der Waals surface area contributed by atoms with Gasteiger partial charge in [0.25, 0.3) is 0 Å². The molecule has 1 heterocycles. The summed E-state index contributed by atoms with van der Waals surface area (Å²) in [7, 11) is 0. The highest BCUT2D eigenvalue weighted by Gasteiger charge is 2.17. The maximum Gasteiger partial charge on any atom is 0.0843 e. The fourth-order valence-electron chi connectivity index (χ4n) is 1.74. The Morgan fingerprint density at radius 1 is 1.29 bits per heavy atom. The molecule has 0 aliphatic carbocycles. The van der Waals surface area contributed by atoms with E-state index in [0.717, 1.165) is 8.26 Å². The minimum absolute atomic E-state index is 0.0313. The molecule has 2 aromatic rings. The first-order valence-corrected chi connectivity index (χ1v) is 7.50. The molecule has 0 saturated carbocycles. The van der Waals surface area contributed by atoms with Gasteiger partial charge in [0.15, 0.2) is 0 Å². The Labute approximate surface area is 121 Å². The highest BCUT2D eigenvalue weighted by Crippen LogP contribution is 2.37. The van der Waals surface area contributed by atoms with Crippen LogP contribution in [0.2, 0.25) is 0 Å². The summed E-state index contributed by atoms with van der Waals surface area (Å²) in [4.78, 5) is 1.18. The van der Waals surface area contributed by atoms with Crippen LogP contribution in [0.4, 0.5) is 0 Å².